The van der Waals surface area contributed by atoms with Crippen molar-refractivity contribution in [3.05, 3.63) is 59.9 Å². The molecular weight excluding hydrogens is 343 g/mol. The van der Waals surface area contributed by atoms with Gasteiger partial charge in [-0.25, -0.2) is 4.39 Å². The molecule has 1 aliphatic heterocycles. The molecule has 0 spiro atoms. The van der Waals surface area contributed by atoms with Crippen molar-refractivity contribution in [3.63, 3.8) is 0 Å². The van der Waals surface area contributed by atoms with Crippen LogP contribution >= 0.6 is 0 Å². The molecule has 2 aromatic rings. The van der Waals surface area contributed by atoms with Crippen LogP contribution < -0.4 is 15.1 Å². The molecule has 5 nitrogen and oxygen atoms in total. The van der Waals surface area contributed by atoms with Crippen LogP contribution in [0.3, 0.4) is 0 Å². The van der Waals surface area contributed by atoms with E-state index in [1.165, 1.54) is 12.1 Å². The van der Waals surface area contributed by atoms with Gasteiger partial charge in [-0.2, -0.15) is 0 Å². The van der Waals surface area contributed by atoms with Gasteiger partial charge in [-0.05, 0) is 42.0 Å². The third-order valence-corrected chi connectivity index (χ3v) is 4.87. The second kappa shape index (κ2) is 8.86. The molecule has 2 aromatic carbocycles. The summed E-state index contributed by atoms with van der Waals surface area (Å²) in [5.41, 5.74) is 3.26. The zero-order valence-electron chi connectivity index (χ0n) is 16.0. The number of nitrogens with one attached hydrogen (secondary N) is 1. The van der Waals surface area contributed by atoms with Gasteiger partial charge in [0.2, 0.25) is 5.91 Å². The number of halogens is 1. The number of rotatable bonds is 6. The average Bonchev–Trinajstić information content (AvgIpc) is 2.68. The maximum atomic E-state index is 13.0. The first-order chi connectivity index (χ1) is 13.0. The Morgan fingerprint density at radius 2 is 1.63 bits per heavy atom. The van der Waals surface area contributed by atoms with Gasteiger partial charge < -0.3 is 15.1 Å². The summed E-state index contributed by atoms with van der Waals surface area (Å²) in [5, 5.41) is 2.99. The Labute approximate surface area is 160 Å². The van der Waals surface area contributed by atoms with Crippen molar-refractivity contribution >= 4 is 17.3 Å². The van der Waals surface area contributed by atoms with Crippen LogP contribution in [0.5, 0.6) is 0 Å². The highest BCUT2D eigenvalue weighted by molar-refractivity contribution is 5.78. The minimum Gasteiger partial charge on any atom is -0.378 e. The topological polar surface area (TPSA) is 38.8 Å². The van der Waals surface area contributed by atoms with E-state index >= 15 is 0 Å². The highest BCUT2D eigenvalue weighted by Gasteiger charge is 2.19. The lowest BCUT2D eigenvalue weighted by molar-refractivity contribution is -0.122. The van der Waals surface area contributed by atoms with Crippen LogP contribution in [0.2, 0.25) is 0 Å². The van der Waals surface area contributed by atoms with E-state index in [-0.39, 0.29) is 11.7 Å². The van der Waals surface area contributed by atoms with Crippen LogP contribution in [-0.4, -0.2) is 57.6 Å². The van der Waals surface area contributed by atoms with E-state index in [0.29, 0.717) is 13.1 Å². The average molecular weight is 370 g/mol. The van der Waals surface area contributed by atoms with E-state index < -0.39 is 0 Å². The lowest BCUT2D eigenvalue weighted by Crippen LogP contribution is -2.49. The SMILES string of the molecule is CN(C)c1ccc(CNC(=O)CN2CCN(c3ccc(F)cc3)CC2)cc1. The number of hydrogen-bond acceptors (Lipinski definition) is 4. The van der Waals surface area contributed by atoms with Crippen LogP contribution in [0.15, 0.2) is 48.5 Å². The van der Waals surface area contributed by atoms with Gasteiger partial charge in [-0.3, -0.25) is 9.69 Å². The third kappa shape index (κ3) is 5.44. The summed E-state index contributed by atoms with van der Waals surface area (Å²) in [6.07, 6.45) is 0. The molecule has 0 aliphatic carbocycles. The van der Waals surface area contributed by atoms with Gasteiger partial charge in [-0.15, -0.1) is 0 Å². The van der Waals surface area contributed by atoms with Crippen molar-refractivity contribution in [2.75, 3.05) is 56.6 Å². The van der Waals surface area contributed by atoms with Gasteiger partial charge in [0.15, 0.2) is 0 Å². The summed E-state index contributed by atoms with van der Waals surface area (Å²) in [6, 6.07) is 14.8. The summed E-state index contributed by atoms with van der Waals surface area (Å²) < 4.78 is 13.0. The second-order valence-corrected chi connectivity index (χ2v) is 7.08. The highest BCUT2D eigenvalue weighted by atomic mass is 19.1. The minimum absolute atomic E-state index is 0.0434. The fraction of sp³-hybridized carbons (Fsp3) is 0.381. The monoisotopic (exact) mass is 370 g/mol. The van der Waals surface area contributed by atoms with Gasteiger partial charge in [0.1, 0.15) is 5.82 Å². The molecule has 1 amide bonds. The third-order valence-electron chi connectivity index (χ3n) is 4.87. The number of carbonyl (C=O) groups excluding carboxylic acids is 1. The molecule has 3 rings (SSSR count). The Balaban J connectivity index is 1.40. The van der Waals surface area contributed by atoms with E-state index in [2.05, 4.69) is 27.2 Å². The Morgan fingerprint density at radius 3 is 2.22 bits per heavy atom. The van der Waals surface area contributed by atoms with E-state index in [0.717, 1.165) is 43.1 Å². The number of hydrogen-bond donors (Lipinski definition) is 1. The lowest BCUT2D eigenvalue weighted by atomic mass is 10.2. The number of carbonyl (C=O) groups is 1. The van der Waals surface area contributed by atoms with E-state index in [4.69, 9.17) is 0 Å². The molecule has 0 radical (unpaired) electrons. The molecule has 0 saturated carbocycles. The molecular formula is C21H27FN4O. The molecule has 27 heavy (non-hydrogen) atoms. The normalized spacial score (nSPS) is 14.9. The molecule has 0 bridgehead atoms. The summed E-state index contributed by atoms with van der Waals surface area (Å²) in [5.74, 6) is -0.174. The lowest BCUT2D eigenvalue weighted by Gasteiger charge is -2.35. The molecule has 6 heteroatoms. The van der Waals surface area contributed by atoms with Crippen LogP contribution in [0.1, 0.15) is 5.56 Å². The van der Waals surface area contributed by atoms with Crippen LogP contribution in [0.4, 0.5) is 15.8 Å². The minimum atomic E-state index is -0.217. The fourth-order valence-corrected chi connectivity index (χ4v) is 3.19. The zero-order valence-corrected chi connectivity index (χ0v) is 16.0. The first kappa shape index (κ1) is 19.2. The number of piperazine rings is 1. The zero-order chi connectivity index (χ0) is 19.2. The van der Waals surface area contributed by atoms with Gasteiger partial charge in [0.25, 0.3) is 0 Å². The molecule has 1 heterocycles. The number of benzene rings is 2. The van der Waals surface area contributed by atoms with Crippen molar-refractivity contribution in [3.8, 4) is 0 Å². The number of nitrogens with zero attached hydrogens (tertiary/aromatic N) is 3. The van der Waals surface area contributed by atoms with Crippen molar-refractivity contribution < 1.29 is 9.18 Å². The van der Waals surface area contributed by atoms with Crippen LogP contribution in [0.25, 0.3) is 0 Å². The predicted molar refractivity (Wildman–Crippen MR) is 108 cm³/mol. The number of anilines is 2. The predicted octanol–water partition coefficient (Wildman–Crippen LogP) is 2.33. The Hall–Kier alpha value is -2.60. The van der Waals surface area contributed by atoms with E-state index in [1.807, 2.05) is 31.1 Å². The maximum absolute atomic E-state index is 13.0. The second-order valence-electron chi connectivity index (χ2n) is 7.08. The highest BCUT2D eigenvalue weighted by Crippen LogP contribution is 2.17. The van der Waals surface area contributed by atoms with E-state index in [1.54, 1.807) is 12.1 Å². The standard InChI is InChI=1S/C21H27FN4O/c1-24(2)19-7-3-17(4-8-19)15-23-21(27)16-25-11-13-26(14-12-25)20-9-5-18(22)6-10-20/h3-10H,11-16H2,1-2H3,(H,23,27). The smallest absolute Gasteiger partial charge is 0.234 e. The molecule has 144 valence electrons. The van der Waals surface area contributed by atoms with E-state index in [9.17, 15) is 9.18 Å². The van der Waals surface area contributed by atoms with Crippen molar-refractivity contribution in [2.45, 2.75) is 6.54 Å². The van der Waals surface area contributed by atoms with Crippen molar-refractivity contribution in [1.29, 1.82) is 0 Å². The quantitative estimate of drug-likeness (QED) is 0.847. The first-order valence-corrected chi connectivity index (χ1v) is 9.27. The first-order valence-electron chi connectivity index (χ1n) is 9.27. The molecule has 1 N–H and O–H groups in total. The van der Waals surface area contributed by atoms with Gasteiger partial charge in [-0.1, -0.05) is 12.1 Å². The van der Waals surface area contributed by atoms with Gasteiger partial charge >= 0.3 is 0 Å². The van der Waals surface area contributed by atoms with Gasteiger partial charge in [0.05, 0.1) is 6.54 Å². The van der Waals surface area contributed by atoms with Gasteiger partial charge in [0, 0.05) is 58.2 Å². The number of amides is 1. The molecule has 1 aliphatic rings. The fourth-order valence-electron chi connectivity index (χ4n) is 3.19. The molecule has 1 fully saturated rings. The molecule has 1 saturated heterocycles. The largest absolute Gasteiger partial charge is 0.378 e. The summed E-state index contributed by atoms with van der Waals surface area (Å²) >= 11 is 0. The Bertz CT molecular complexity index is 738. The van der Waals surface area contributed by atoms with Crippen molar-refractivity contribution in [1.82, 2.24) is 10.2 Å². The Morgan fingerprint density at radius 1 is 1.00 bits per heavy atom. The van der Waals surface area contributed by atoms with Crippen LogP contribution in [0, 0.1) is 5.82 Å². The maximum Gasteiger partial charge on any atom is 0.234 e. The molecule has 0 unspecified atom stereocenters. The molecule has 0 aromatic heterocycles. The summed E-state index contributed by atoms with van der Waals surface area (Å²) in [4.78, 5) is 18.7. The summed E-state index contributed by atoms with van der Waals surface area (Å²) in [6.45, 7) is 4.27. The Kier molecular flexibility index (Phi) is 6.29. The summed E-state index contributed by atoms with van der Waals surface area (Å²) in [7, 11) is 4.01. The van der Waals surface area contributed by atoms with Crippen molar-refractivity contribution in [2.24, 2.45) is 0 Å². The van der Waals surface area contributed by atoms with Crippen LogP contribution in [-0.2, 0) is 11.3 Å². The molecule has 0 atom stereocenters.